The molecule has 0 fully saturated rings. The fourth-order valence-corrected chi connectivity index (χ4v) is 2.81. The summed E-state index contributed by atoms with van der Waals surface area (Å²) < 4.78 is 17.0. The van der Waals surface area contributed by atoms with E-state index >= 15 is 0 Å². The predicted octanol–water partition coefficient (Wildman–Crippen LogP) is 3.02. The summed E-state index contributed by atoms with van der Waals surface area (Å²) in [7, 11) is 3.02. The second-order valence-corrected chi connectivity index (χ2v) is 6.00. The van der Waals surface area contributed by atoms with Crippen molar-refractivity contribution in [3.63, 3.8) is 0 Å². The molecule has 0 aliphatic carbocycles. The molecule has 8 nitrogen and oxygen atoms in total. The van der Waals surface area contributed by atoms with Gasteiger partial charge in [-0.3, -0.25) is 14.5 Å². The maximum atomic E-state index is 13.0. The molecule has 0 amide bonds. The van der Waals surface area contributed by atoms with E-state index in [0.29, 0.717) is 28.5 Å². The standard InChI is InChI=1S/C21H21N3O5/c1-4-29-21(26)17-12-18(16-7-5-6-10-22-16)24(23-17)13-19(25)15-9-8-14(27-2)11-20(15)28-3/h5-12H,4,13H2,1-3H3. The fourth-order valence-electron chi connectivity index (χ4n) is 2.81. The number of benzene rings is 1. The van der Waals surface area contributed by atoms with Crippen LogP contribution in [-0.4, -0.2) is 47.3 Å². The maximum Gasteiger partial charge on any atom is 0.358 e. The summed E-state index contributed by atoms with van der Waals surface area (Å²) in [5.74, 6) is 0.181. The van der Waals surface area contributed by atoms with Gasteiger partial charge in [0.25, 0.3) is 0 Å². The van der Waals surface area contributed by atoms with E-state index < -0.39 is 5.97 Å². The average molecular weight is 395 g/mol. The van der Waals surface area contributed by atoms with Crippen molar-refractivity contribution in [2.75, 3.05) is 20.8 Å². The van der Waals surface area contributed by atoms with Crippen molar-refractivity contribution in [1.82, 2.24) is 14.8 Å². The van der Waals surface area contributed by atoms with Gasteiger partial charge < -0.3 is 14.2 Å². The zero-order chi connectivity index (χ0) is 20.8. The summed E-state index contributed by atoms with van der Waals surface area (Å²) in [6.07, 6.45) is 1.63. The second kappa shape index (κ2) is 9.01. The van der Waals surface area contributed by atoms with E-state index in [0.717, 1.165) is 0 Å². The molecular formula is C21H21N3O5. The Morgan fingerprint density at radius 3 is 2.55 bits per heavy atom. The smallest absolute Gasteiger partial charge is 0.358 e. The summed E-state index contributed by atoms with van der Waals surface area (Å²) >= 11 is 0. The van der Waals surface area contributed by atoms with Crippen LogP contribution in [0.1, 0.15) is 27.8 Å². The summed E-state index contributed by atoms with van der Waals surface area (Å²) in [5, 5.41) is 4.28. The highest BCUT2D eigenvalue weighted by atomic mass is 16.5. The number of nitrogens with zero attached hydrogens (tertiary/aromatic N) is 3. The topological polar surface area (TPSA) is 92.5 Å². The van der Waals surface area contributed by atoms with E-state index in [2.05, 4.69) is 10.1 Å². The van der Waals surface area contributed by atoms with Crippen LogP contribution in [0.3, 0.4) is 0 Å². The Morgan fingerprint density at radius 2 is 1.90 bits per heavy atom. The first kappa shape index (κ1) is 20.1. The van der Waals surface area contributed by atoms with Gasteiger partial charge in [-0.1, -0.05) is 6.07 Å². The molecule has 0 saturated heterocycles. The number of hydrogen-bond donors (Lipinski definition) is 0. The van der Waals surface area contributed by atoms with E-state index in [9.17, 15) is 9.59 Å². The zero-order valence-corrected chi connectivity index (χ0v) is 16.4. The molecule has 2 heterocycles. The number of esters is 1. The molecule has 3 aromatic rings. The van der Waals surface area contributed by atoms with Crippen LogP contribution in [0.15, 0.2) is 48.7 Å². The molecule has 0 saturated carbocycles. The largest absolute Gasteiger partial charge is 0.497 e. The minimum Gasteiger partial charge on any atom is -0.497 e. The van der Waals surface area contributed by atoms with Gasteiger partial charge in [-0.15, -0.1) is 0 Å². The summed E-state index contributed by atoms with van der Waals surface area (Å²) in [6, 6.07) is 11.9. The lowest BCUT2D eigenvalue weighted by atomic mass is 10.1. The van der Waals surface area contributed by atoms with Crippen LogP contribution >= 0.6 is 0 Å². The molecule has 0 aliphatic rings. The molecule has 0 aliphatic heterocycles. The van der Waals surface area contributed by atoms with Gasteiger partial charge in [-0.05, 0) is 31.2 Å². The summed E-state index contributed by atoms with van der Waals surface area (Å²) in [4.78, 5) is 29.4. The van der Waals surface area contributed by atoms with Gasteiger partial charge in [0.05, 0.1) is 37.8 Å². The number of carbonyl (C=O) groups is 2. The lowest BCUT2D eigenvalue weighted by Gasteiger charge is -2.11. The van der Waals surface area contributed by atoms with Gasteiger partial charge in [0, 0.05) is 18.3 Å². The SMILES string of the molecule is CCOC(=O)c1cc(-c2ccccn2)n(CC(=O)c2ccc(OC)cc2OC)n1. The van der Waals surface area contributed by atoms with Crippen molar-refractivity contribution in [1.29, 1.82) is 0 Å². The average Bonchev–Trinajstić information content (AvgIpc) is 3.17. The number of Topliss-reactive ketones (excluding diaryl/α,β-unsaturated/α-hetero) is 1. The van der Waals surface area contributed by atoms with E-state index in [1.807, 2.05) is 6.07 Å². The molecule has 0 radical (unpaired) electrons. The Balaban J connectivity index is 1.97. The van der Waals surface area contributed by atoms with Crippen molar-refractivity contribution in [3.8, 4) is 22.9 Å². The third kappa shape index (κ3) is 4.43. The first-order valence-electron chi connectivity index (χ1n) is 8.99. The number of pyridine rings is 1. The highest BCUT2D eigenvalue weighted by molar-refractivity contribution is 5.99. The van der Waals surface area contributed by atoms with Crippen molar-refractivity contribution in [2.24, 2.45) is 0 Å². The zero-order valence-electron chi connectivity index (χ0n) is 16.4. The molecule has 0 unspecified atom stereocenters. The molecule has 29 heavy (non-hydrogen) atoms. The van der Waals surface area contributed by atoms with E-state index in [1.54, 1.807) is 49.5 Å². The van der Waals surface area contributed by atoms with Gasteiger partial charge in [0.2, 0.25) is 0 Å². The van der Waals surface area contributed by atoms with Crippen molar-refractivity contribution in [3.05, 3.63) is 59.9 Å². The Morgan fingerprint density at radius 1 is 1.07 bits per heavy atom. The van der Waals surface area contributed by atoms with Gasteiger partial charge in [0.15, 0.2) is 11.5 Å². The number of hydrogen-bond acceptors (Lipinski definition) is 7. The third-order valence-electron chi connectivity index (χ3n) is 4.19. The minimum atomic E-state index is -0.557. The molecule has 0 spiro atoms. The van der Waals surface area contributed by atoms with Crippen LogP contribution in [0.5, 0.6) is 11.5 Å². The molecule has 2 aromatic heterocycles. The lowest BCUT2D eigenvalue weighted by molar-refractivity contribution is 0.0517. The van der Waals surface area contributed by atoms with Crippen LogP contribution in [0.25, 0.3) is 11.4 Å². The quantitative estimate of drug-likeness (QED) is 0.427. The molecule has 150 valence electrons. The predicted molar refractivity (Wildman–Crippen MR) is 105 cm³/mol. The lowest BCUT2D eigenvalue weighted by Crippen LogP contribution is -2.15. The maximum absolute atomic E-state index is 13.0. The van der Waals surface area contributed by atoms with E-state index in [-0.39, 0.29) is 24.6 Å². The summed E-state index contributed by atoms with van der Waals surface area (Å²) in [6.45, 7) is 1.84. The van der Waals surface area contributed by atoms with Crippen LogP contribution in [0.4, 0.5) is 0 Å². The van der Waals surface area contributed by atoms with Gasteiger partial charge in [0.1, 0.15) is 18.0 Å². The molecule has 0 N–H and O–H groups in total. The molecule has 0 atom stereocenters. The Kier molecular flexibility index (Phi) is 6.23. The normalized spacial score (nSPS) is 10.4. The van der Waals surface area contributed by atoms with Crippen LogP contribution < -0.4 is 9.47 Å². The number of aromatic nitrogens is 3. The van der Waals surface area contributed by atoms with Gasteiger partial charge in [-0.2, -0.15) is 5.10 Å². The van der Waals surface area contributed by atoms with Crippen LogP contribution in [0, 0.1) is 0 Å². The Labute approximate surface area is 168 Å². The molecule has 1 aromatic carbocycles. The van der Waals surface area contributed by atoms with Crippen molar-refractivity contribution >= 4 is 11.8 Å². The first-order chi connectivity index (χ1) is 14.1. The monoisotopic (exact) mass is 395 g/mol. The van der Waals surface area contributed by atoms with Gasteiger partial charge in [-0.25, -0.2) is 4.79 Å². The molecular weight excluding hydrogens is 374 g/mol. The highest BCUT2D eigenvalue weighted by Gasteiger charge is 2.21. The molecule has 3 rings (SSSR count). The number of ketones is 1. The second-order valence-electron chi connectivity index (χ2n) is 6.00. The Hall–Kier alpha value is -3.68. The van der Waals surface area contributed by atoms with E-state index in [4.69, 9.17) is 14.2 Å². The highest BCUT2D eigenvalue weighted by Crippen LogP contribution is 2.26. The van der Waals surface area contributed by atoms with Gasteiger partial charge >= 0.3 is 5.97 Å². The Bertz CT molecular complexity index is 1010. The first-order valence-corrected chi connectivity index (χ1v) is 8.99. The third-order valence-corrected chi connectivity index (χ3v) is 4.19. The number of carbonyl (C=O) groups excluding carboxylic acids is 2. The summed E-state index contributed by atoms with van der Waals surface area (Å²) in [5.41, 5.74) is 1.62. The molecule has 8 heteroatoms. The number of ether oxygens (including phenoxy) is 3. The van der Waals surface area contributed by atoms with Crippen molar-refractivity contribution in [2.45, 2.75) is 13.5 Å². The molecule has 0 bridgehead atoms. The fraction of sp³-hybridized carbons (Fsp3) is 0.238. The minimum absolute atomic E-state index is 0.103. The number of methoxy groups -OCH3 is 2. The van der Waals surface area contributed by atoms with Crippen LogP contribution in [-0.2, 0) is 11.3 Å². The van der Waals surface area contributed by atoms with E-state index in [1.165, 1.54) is 18.9 Å². The number of rotatable bonds is 8. The van der Waals surface area contributed by atoms with Crippen molar-refractivity contribution < 1.29 is 23.8 Å². The van der Waals surface area contributed by atoms with Crippen LogP contribution in [0.2, 0.25) is 0 Å².